The average Bonchev–Trinajstić information content (AvgIpc) is 2.16. The number of hydrogen-bond donors (Lipinski definition) is 1. The number of benzene rings is 1. The molecule has 15 heavy (non-hydrogen) atoms. The smallest absolute Gasteiger partial charge is 0.373 e. The van der Waals surface area contributed by atoms with Crippen molar-refractivity contribution in [3.63, 3.8) is 0 Å². The predicted molar refractivity (Wildman–Crippen MR) is 48.1 cm³/mol. The Hall–Kier alpha value is -2.44. The van der Waals surface area contributed by atoms with Crippen LogP contribution in [0, 0.1) is 10.1 Å². The Morgan fingerprint density at radius 3 is 2.47 bits per heavy atom. The molecule has 0 saturated heterocycles. The van der Waals surface area contributed by atoms with Crippen molar-refractivity contribution >= 4 is 17.7 Å². The van der Waals surface area contributed by atoms with Crippen LogP contribution in [-0.4, -0.2) is 17.0 Å². The average molecular weight is 210 g/mol. The number of nitrogens with two attached hydrogens (primary N) is 1. The number of nitro groups is 1. The molecular weight excluding hydrogens is 204 g/mol. The molecule has 0 radical (unpaired) electrons. The molecule has 0 aliphatic heterocycles. The second-order valence-corrected chi connectivity index (χ2v) is 2.48. The lowest BCUT2D eigenvalue weighted by Crippen LogP contribution is -2.19. The monoisotopic (exact) mass is 210 g/mol. The van der Waals surface area contributed by atoms with E-state index in [-0.39, 0.29) is 5.56 Å². The number of esters is 1. The van der Waals surface area contributed by atoms with E-state index in [2.05, 4.69) is 10.5 Å². The second kappa shape index (κ2) is 4.18. The molecule has 0 spiro atoms. The molecule has 0 heterocycles. The largest absolute Gasteiger partial charge is 0.412 e. The first-order valence-corrected chi connectivity index (χ1v) is 3.77. The highest BCUT2D eigenvalue weighted by molar-refractivity contribution is 5.99. The van der Waals surface area contributed by atoms with Crippen LogP contribution < -0.4 is 5.73 Å². The van der Waals surface area contributed by atoms with E-state index < -0.39 is 22.7 Å². The third kappa shape index (κ3) is 2.50. The Kier molecular flexibility index (Phi) is 2.97. The minimum absolute atomic E-state index is 0.318. The van der Waals surface area contributed by atoms with Crippen LogP contribution >= 0.6 is 0 Å². The van der Waals surface area contributed by atoms with Gasteiger partial charge in [0.1, 0.15) is 5.56 Å². The van der Waals surface area contributed by atoms with Crippen molar-refractivity contribution in [2.75, 3.05) is 0 Å². The molecular formula is C8H6N2O5. The van der Waals surface area contributed by atoms with Gasteiger partial charge in [-0.05, 0) is 6.07 Å². The van der Waals surface area contributed by atoms with E-state index in [1.807, 2.05) is 0 Å². The summed E-state index contributed by atoms with van der Waals surface area (Å²) in [6, 6.07) is 5.09. The zero-order valence-corrected chi connectivity index (χ0v) is 7.38. The van der Waals surface area contributed by atoms with Gasteiger partial charge in [0, 0.05) is 6.07 Å². The number of nitro benzene ring substituents is 1. The Bertz CT molecular complexity index is 429. The third-order valence-electron chi connectivity index (χ3n) is 1.51. The third-order valence-corrected chi connectivity index (χ3v) is 1.51. The SMILES string of the molecule is NC(=O)OC(=O)c1ccccc1[N+](=O)[O-]. The normalized spacial score (nSPS) is 9.33. The quantitative estimate of drug-likeness (QED) is 0.336. The molecule has 0 fully saturated rings. The summed E-state index contributed by atoms with van der Waals surface area (Å²) in [6.45, 7) is 0. The van der Waals surface area contributed by atoms with E-state index in [1.165, 1.54) is 18.2 Å². The molecule has 1 amide bonds. The highest BCUT2D eigenvalue weighted by Crippen LogP contribution is 2.18. The molecule has 0 aliphatic rings. The Labute approximate surface area is 83.6 Å². The summed E-state index contributed by atoms with van der Waals surface area (Å²) >= 11 is 0. The minimum atomic E-state index is -1.31. The van der Waals surface area contributed by atoms with Gasteiger partial charge in [0.2, 0.25) is 0 Å². The number of rotatable bonds is 2. The van der Waals surface area contributed by atoms with Gasteiger partial charge in [-0.15, -0.1) is 0 Å². The summed E-state index contributed by atoms with van der Waals surface area (Å²) in [5.74, 6) is -1.14. The number of carbonyl (C=O) groups excluding carboxylic acids is 2. The van der Waals surface area contributed by atoms with Crippen LogP contribution in [0.4, 0.5) is 10.5 Å². The van der Waals surface area contributed by atoms with Crippen LogP contribution in [0.1, 0.15) is 10.4 Å². The fourth-order valence-corrected chi connectivity index (χ4v) is 0.952. The maximum absolute atomic E-state index is 11.2. The van der Waals surface area contributed by atoms with Crippen LogP contribution in [-0.2, 0) is 4.74 Å². The van der Waals surface area contributed by atoms with Crippen LogP contribution in [0.5, 0.6) is 0 Å². The zero-order valence-electron chi connectivity index (χ0n) is 7.38. The fourth-order valence-electron chi connectivity index (χ4n) is 0.952. The Balaban J connectivity index is 3.08. The van der Waals surface area contributed by atoms with Gasteiger partial charge in [0.15, 0.2) is 0 Å². The molecule has 1 aromatic carbocycles. The molecule has 7 nitrogen and oxygen atoms in total. The number of primary amides is 1. The van der Waals surface area contributed by atoms with Gasteiger partial charge < -0.3 is 10.5 Å². The van der Waals surface area contributed by atoms with Crippen LogP contribution in [0.25, 0.3) is 0 Å². The molecule has 0 saturated carbocycles. The summed E-state index contributed by atoms with van der Waals surface area (Å²) in [6.07, 6.45) is -1.31. The first kappa shape index (κ1) is 10.6. The number of amides is 1. The lowest BCUT2D eigenvalue weighted by molar-refractivity contribution is -0.385. The van der Waals surface area contributed by atoms with Crippen molar-refractivity contribution in [3.8, 4) is 0 Å². The second-order valence-electron chi connectivity index (χ2n) is 2.48. The van der Waals surface area contributed by atoms with E-state index >= 15 is 0 Å². The lowest BCUT2D eigenvalue weighted by atomic mass is 10.2. The van der Waals surface area contributed by atoms with Crippen molar-refractivity contribution in [2.45, 2.75) is 0 Å². The molecule has 7 heteroatoms. The molecule has 0 bridgehead atoms. The number of hydrogen-bond acceptors (Lipinski definition) is 5. The lowest BCUT2D eigenvalue weighted by Gasteiger charge is -2.00. The van der Waals surface area contributed by atoms with Crippen molar-refractivity contribution in [1.29, 1.82) is 0 Å². The highest BCUT2D eigenvalue weighted by atomic mass is 16.6. The van der Waals surface area contributed by atoms with Crippen molar-refractivity contribution in [2.24, 2.45) is 5.73 Å². The molecule has 0 unspecified atom stereocenters. The maximum atomic E-state index is 11.2. The number of ether oxygens (including phenoxy) is 1. The zero-order chi connectivity index (χ0) is 11.4. The molecule has 0 atom stereocenters. The van der Waals surface area contributed by atoms with Crippen molar-refractivity contribution in [1.82, 2.24) is 0 Å². The van der Waals surface area contributed by atoms with E-state index in [0.29, 0.717) is 0 Å². The maximum Gasteiger partial charge on any atom is 0.412 e. The number of nitrogens with zero attached hydrogens (tertiary/aromatic N) is 1. The molecule has 2 N–H and O–H groups in total. The van der Waals surface area contributed by atoms with E-state index in [9.17, 15) is 19.7 Å². The summed E-state index contributed by atoms with van der Waals surface area (Å²) in [4.78, 5) is 31.2. The summed E-state index contributed by atoms with van der Waals surface area (Å²) in [5.41, 5.74) is 3.85. The van der Waals surface area contributed by atoms with Crippen molar-refractivity contribution in [3.05, 3.63) is 39.9 Å². The summed E-state index contributed by atoms with van der Waals surface area (Å²) in [7, 11) is 0. The highest BCUT2D eigenvalue weighted by Gasteiger charge is 2.21. The van der Waals surface area contributed by atoms with Crippen molar-refractivity contribution < 1.29 is 19.2 Å². The van der Waals surface area contributed by atoms with Gasteiger partial charge in [-0.2, -0.15) is 0 Å². The van der Waals surface area contributed by atoms with Gasteiger partial charge in [0.25, 0.3) is 5.69 Å². The molecule has 1 aromatic rings. The molecule has 0 aromatic heterocycles. The van der Waals surface area contributed by atoms with Crippen LogP contribution in [0.3, 0.4) is 0 Å². The summed E-state index contributed by atoms with van der Waals surface area (Å²) in [5, 5.41) is 10.5. The first-order valence-electron chi connectivity index (χ1n) is 3.77. The summed E-state index contributed by atoms with van der Waals surface area (Å²) < 4.78 is 4.02. The van der Waals surface area contributed by atoms with E-state index in [0.717, 1.165) is 6.07 Å². The van der Waals surface area contributed by atoms with Gasteiger partial charge in [-0.3, -0.25) is 10.1 Å². The molecule has 1 rings (SSSR count). The molecule has 78 valence electrons. The van der Waals surface area contributed by atoms with Gasteiger partial charge in [-0.25, -0.2) is 9.59 Å². The van der Waals surface area contributed by atoms with Crippen LogP contribution in [0.15, 0.2) is 24.3 Å². The standard InChI is InChI=1S/C8H6N2O5/c9-8(12)15-7(11)5-3-1-2-4-6(5)10(13)14/h1-4H,(H2,9,12). The number of para-hydroxylation sites is 1. The Morgan fingerprint density at radius 2 is 1.93 bits per heavy atom. The van der Waals surface area contributed by atoms with Gasteiger partial charge in [-0.1, -0.05) is 12.1 Å². The minimum Gasteiger partial charge on any atom is -0.373 e. The van der Waals surface area contributed by atoms with Gasteiger partial charge in [0.05, 0.1) is 4.92 Å². The fraction of sp³-hybridized carbons (Fsp3) is 0. The predicted octanol–water partition coefficient (Wildman–Crippen LogP) is 0.830. The van der Waals surface area contributed by atoms with Gasteiger partial charge >= 0.3 is 12.1 Å². The molecule has 0 aliphatic carbocycles. The number of carbonyl (C=O) groups is 2. The van der Waals surface area contributed by atoms with Crippen LogP contribution in [0.2, 0.25) is 0 Å². The topological polar surface area (TPSA) is 113 Å². The first-order chi connectivity index (χ1) is 7.02. The van der Waals surface area contributed by atoms with E-state index in [4.69, 9.17) is 0 Å². The van der Waals surface area contributed by atoms with E-state index in [1.54, 1.807) is 0 Å². The Morgan fingerprint density at radius 1 is 1.33 bits per heavy atom.